The van der Waals surface area contributed by atoms with Crippen LogP contribution in [0, 0.1) is 11.6 Å². The average molecular weight is 632 g/mol. The van der Waals surface area contributed by atoms with Crippen molar-refractivity contribution >= 4 is 24.2 Å². The van der Waals surface area contributed by atoms with Gasteiger partial charge in [0.1, 0.15) is 28.6 Å². The zero-order valence-corrected chi connectivity index (χ0v) is 27.4. The number of aryl methyl sites for hydroxylation is 1. The Labute approximate surface area is 263 Å². The highest BCUT2D eigenvalue weighted by Crippen LogP contribution is 2.24. The summed E-state index contributed by atoms with van der Waals surface area (Å²) in [6.07, 6.45) is -1.54. The van der Waals surface area contributed by atoms with Gasteiger partial charge in [-0.25, -0.2) is 28.1 Å². The predicted molar refractivity (Wildman–Crippen MR) is 165 cm³/mol. The normalized spacial score (nSPS) is 14.4. The largest absolute Gasteiger partial charge is 0.497 e. The molecule has 0 atom stereocenters. The Morgan fingerprint density at radius 3 is 2.00 bits per heavy atom. The van der Waals surface area contributed by atoms with Gasteiger partial charge in [0.15, 0.2) is 0 Å². The average Bonchev–Trinajstić information content (AvgIpc) is 2.92. The quantitative estimate of drug-likeness (QED) is 0.285. The Morgan fingerprint density at radius 1 is 0.889 bits per heavy atom. The van der Waals surface area contributed by atoms with Crippen LogP contribution < -0.4 is 4.74 Å². The molecular weight excluding hydrogens is 588 g/mol. The van der Waals surface area contributed by atoms with Gasteiger partial charge in [-0.15, -0.1) is 4.99 Å². The van der Waals surface area contributed by atoms with E-state index in [1.807, 2.05) is 12.1 Å². The smallest absolute Gasteiger partial charge is 0.437 e. The molecule has 1 aliphatic heterocycles. The van der Waals surface area contributed by atoms with E-state index in [1.165, 1.54) is 20.8 Å². The van der Waals surface area contributed by atoms with Crippen LogP contribution in [0.4, 0.5) is 23.2 Å². The zero-order valence-electron chi connectivity index (χ0n) is 27.4. The maximum Gasteiger partial charge on any atom is 0.437 e. The number of hydrogen-bond acceptors (Lipinski definition) is 6. The molecule has 0 saturated carbocycles. The maximum absolute atomic E-state index is 16.0. The highest BCUT2D eigenvalue weighted by molar-refractivity contribution is 5.99. The highest BCUT2D eigenvalue weighted by atomic mass is 19.1. The first-order valence-corrected chi connectivity index (χ1v) is 14.5. The third-order valence-electron chi connectivity index (χ3n) is 6.56. The van der Waals surface area contributed by atoms with Gasteiger partial charge in [-0.3, -0.25) is 0 Å². The van der Waals surface area contributed by atoms with Crippen LogP contribution in [0.25, 0.3) is 0 Å². The third-order valence-corrected chi connectivity index (χ3v) is 6.56. The fourth-order valence-electron chi connectivity index (χ4n) is 4.53. The summed E-state index contributed by atoms with van der Waals surface area (Å²) in [7, 11) is 4.64. The minimum Gasteiger partial charge on any atom is -0.497 e. The molecule has 1 aliphatic rings. The lowest BCUT2D eigenvalue weighted by Gasteiger charge is -2.42. The number of amides is 4. The van der Waals surface area contributed by atoms with Crippen molar-refractivity contribution in [3.05, 3.63) is 64.7 Å². The summed E-state index contributed by atoms with van der Waals surface area (Å²) in [5.41, 5.74) is -1.20. The fraction of sp³-hybridized carbons (Fsp3) is 0.500. The van der Waals surface area contributed by atoms with E-state index in [-0.39, 0.29) is 42.9 Å². The van der Waals surface area contributed by atoms with Gasteiger partial charge in [0.05, 0.1) is 27.0 Å². The summed E-state index contributed by atoms with van der Waals surface area (Å²) in [4.78, 5) is 48.5. The molecule has 0 radical (unpaired) electrons. The molecule has 246 valence electrons. The number of carbonyl (C=O) groups excluding carboxylic acids is 3. The standard InChI is InChI=1S/C32H43F2N5O6/c1-31(2,3)44-28(40)35-27(38-19-36(7)29(41)37(8)20-38)39(30(42)45-32(4,5)6)18-22-13-17-25(33)24(26(22)34)16-12-21-10-14-23(43-9)15-11-21/h10-11,13-15,17H,12,16,18-20H2,1-9H3/b35-27+. The highest BCUT2D eigenvalue weighted by Gasteiger charge is 2.36. The van der Waals surface area contributed by atoms with E-state index in [4.69, 9.17) is 14.2 Å². The molecule has 13 heteroatoms. The van der Waals surface area contributed by atoms with Crippen molar-refractivity contribution < 1.29 is 37.4 Å². The summed E-state index contributed by atoms with van der Waals surface area (Å²) in [6.45, 7) is 9.39. The van der Waals surface area contributed by atoms with E-state index in [9.17, 15) is 18.8 Å². The van der Waals surface area contributed by atoms with Crippen molar-refractivity contribution in [1.82, 2.24) is 19.6 Å². The molecule has 0 spiro atoms. The summed E-state index contributed by atoms with van der Waals surface area (Å²) in [5.74, 6) is -1.13. The van der Waals surface area contributed by atoms with Crippen molar-refractivity contribution in [2.45, 2.75) is 72.1 Å². The lowest BCUT2D eigenvalue weighted by Crippen LogP contribution is -2.60. The van der Waals surface area contributed by atoms with E-state index in [2.05, 4.69) is 4.99 Å². The van der Waals surface area contributed by atoms with E-state index in [0.29, 0.717) is 12.2 Å². The Hall–Kier alpha value is -4.42. The summed E-state index contributed by atoms with van der Waals surface area (Å²) < 4.78 is 47.2. The second-order valence-electron chi connectivity index (χ2n) is 12.8. The van der Waals surface area contributed by atoms with E-state index < -0.39 is 41.6 Å². The van der Waals surface area contributed by atoms with Crippen LogP contribution in [0.3, 0.4) is 0 Å². The number of carbonyl (C=O) groups is 3. The predicted octanol–water partition coefficient (Wildman–Crippen LogP) is 6.00. The minimum atomic E-state index is -1.01. The van der Waals surface area contributed by atoms with Crippen molar-refractivity contribution in [3.63, 3.8) is 0 Å². The second-order valence-corrected chi connectivity index (χ2v) is 12.8. The number of halogens is 2. The molecule has 0 unspecified atom stereocenters. The van der Waals surface area contributed by atoms with Crippen LogP contribution in [0.5, 0.6) is 5.75 Å². The molecule has 11 nitrogen and oxygen atoms in total. The molecule has 2 aromatic carbocycles. The molecule has 4 amide bonds. The lowest BCUT2D eigenvalue weighted by atomic mass is 10.0. The van der Waals surface area contributed by atoms with Gasteiger partial charge in [-0.1, -0.05) is 18.2 Å². The van der Waals surface area contributed by atoms with Crippen LogP contribution in [0.1, 0.15) is 58.2 Å². The Bertz CT molecular complexity index is 1400. The number of benzene rings is 2. The van der Waals surface area contributed by atoms with Crippen LogP contribution in [-0.2, 0) is 28.9 Å². The number of ether oxygens (including phenoxy) is 3. The monoisotopic (exact) mass is 631 g/mol. The molecule has 3 rings (SSSR count). The molecule has 45 heavy (non-hydrogen) atoms. The molecule has 0 N–H and O–H groups in total. The van der Waals surface area contributed by atoms with E-state index >= 15 is 4.39 Å². The summed E-state index contributed by atoms with van der Waals surface area (Å²) in [5, 5.41) is 0. The van der Waals surface area contributed by atoms with Crippen molar-refractivity contribution in [3.8, 4) is 5.75 Å². The minimum absolute atomic E-state index is 0.0290. The van der Waals surface area contributed by atoms with E-state index in [1.54, 1.807) is 74.9 Å². The van der Waals surface area contributed by atoms with Crippen LogP contribution in [-0.4, -0.2) is 89.5 Å². The van der Waals surface area contributed by atoms with Crippen molar-refractivity contribution in [2.75, 3.05) is 34.5 Å². The molecule has 1 fully saturated rings. The number of aliphatic imine (C=N–C) groups is 1. The first kappa shape index (κ1) is 35.1. The molecule has 2 aromatic rings. The number of urea groups is 1. The Balaban J connectivity index is 2.06. The number of methoxy groups -OCH3 is 1. The van der Waals surface area contributed by atoms with Crippen molar-refractivity contribution in [2.24, 2.45) is 4.99 Å². The maximum atomic E-state index is 16.0. The fourth-order valence-corrected chi connectivity index (χ4v) is 4.53. The van der Waals surface area contributed by atoms with Crippen LogP contribution in [0.15, 0.2) is 41.4 Å². The van der Waals surface area contributed by atoms with Crippen LogP contribution >= 0.6 is 0 Å². The molecule has 0 bridgehead atoms. The van der Waals surface area contributed by atoms with Gasteiger partial charge in [0.2, 0.25) is 5.96 Å². The van der Waals surface area contributed by atoms with Gasteiger partial charge in [0.25, 0.3) is 0 Å². The molecule has 1 saturated heterocycles. The van der Waals surface area contributed by atoms with Crippen molar-refractivity contribution in [1.29, 1.82) is 0 Å². The summed E-state index contributed by atoms with van der Waals surface area (Å²) >= 11 is 0. The van der Waals surface area contributed by atoms with Gasteiger partial charge >= 0.3 is 18.2 Å². The summed E-state index contributed by atoms with van der Waals surface area (Å²) in [6, 6.07) is 9.26. The Kier molecular flexibility index (Phi) is 11.0. The first-order valence-electron chi connectivity index (χ1n) is 14.5. The van der Waals surface area contributed by atoms with E-state index in [0.717, 1.165) is 16.5 Å². The molecule has 0 aromatic heterocycles. The van der Waals surface area contributed by atoms with Gasteiger partial charge in [-0.05, 0) is 78.1 Å². The zero-order chi connectivity index (χ0) is 33.7. The first-order chi connectivity index (χ1) is 20.9. The molecular formula is C32H43F2N5O6. The second kappa shape index (κ2) is 14.1. The van der Waals surface area contributed by atoms with Gasteiger partial charge < -0.3 is 28.9 Å². The molecule has 1 heterocycles. The third kappa shape index (κ3) is 9.79. The molecule has 0 aliphatic carbocycles. The number of hydrogen-bond donors (Lipinski definition) is 0. The number of nitrogens with zero attached hydrogens (tertiary/aromatic N) is 5. The number of rotatable bonds is 6. The topological polar surface area (TPSA) is 104 Å². The lowest BCUT2D eigenvalue weighted by molar-refractivity contribution is 0.0299. The Morgan fingerprint density at radius 2 is 1.47 bits per heavy atom. The number of guanidine groups is 1. The van der Waals surface area contributed by atoms with Gasteiger partial charge in [0, 0.05) is 25.2 Å². The SMILES string of the molecule is COc1ccc(CCc2c(F)ccc(CN(C(=O)OC(C)(C)C)/C(=N/C(=O)OC(C)(C)C)N3CN(C)C(=O)N(C)C3)c2F)cc1. The van der Waals surface area contributed by atoms with Crippen LogP contribution in [0.2, 0.25) is 0 Å². The van der Waals surface area contributed by atoms with Gasteiger partial charge in [-0.2, -0.15) is 0 Å².